The highest BCUT2D eigenvalue weighted by Gasteiger charge is 2.24. The number of aromatic amines is 1. The van der Waals surface area contributed by atoms with Crippen molar-refractivity contribution in [1.29, 1.82) is 0 Å². The summed E-state index contributed by atoms with van der Waals surface area (Å²) in [6.45, 7) is 1.58. The number of hydrogen-bond donors (Lipinski definition) is 2. The van der Waals surface area contributed by atoms with Gasteiger partial charge in [0.05, 0.1) is 7.11 Å². The highest BCUT2D eigenvalue weighted by molar-refractivity contribution is 5.96. The predicted octanol–water partition coefficient (Wildman–Crippen LogP) is 0.236. The van der Waals surface area contributed by atoms with Gasteiger partial charge < -0.3 is 20.4 Å². The number of rotatable bonds is 2. The van der Waals surface area contributed by atoms with Crippen LogP contribution >= 0.6 is 0 Å². The van der Waals surface area contributed by atoms with Crippen LogP contribution in [-0.4, -0.2) is 41.0 Å². The molecule has 0 saturated carbocycles. The molecule has 0 aliphatic carbocycles. The highest BCUT2D eigenvalue weighted by atomic mass is 16.5. The number of anilines is 1. The molecule has 1 aliphatic rings. The second-order valence-electron chi connectivity index (χ2n) is 3.51. The number of nitrogens with zero attached hydrogens (tertiary/aromatic N) is 2. The van der Waals surface area contributed by atoms with E-state index in [4.69, 9.17) is 10.5 Å². The first-order chi connectivity index (χ1) is 7.22. The van der Waals surface area contributed by atoms with E-state index in [1.165, 1.54) is 7.11 Å². The minimum Gasteiger partial charge on any atom is -0.468 e. The van der Waals surface area contributed by atoms with Gasteiger partial charge in [-0.1, -0.05) is 0 Å². The number of ether oxygens (including phenoxy) is 1. The lowest BCUT2D eigenvalue weighted by atomic mass is 10.4. The summed E-state index contributed by atoms with van der Waals surface area (Å²) in [5, 5.41) is 0. The molecule has 0 aromatic carbocycles. The number of aromatic nitrogens is 2. The zero-order chi connectivity index (χ0) is 10.8. The van der Waals surface area contributed by atoms with Crippen molar-refractivity contribution in [3.8, 4) is 6.01 Å². The predicted molar refractivity (Wildman–Crippen MR) is 54.7 cm³/mol. The Balaban J connectivity index is 2.20. The quantitative estimate of drug-likeness (QED) is 0.732. The lowest BCUT2D eigenvalue weighted by Crippen LogP contribution is -2.28. The standard InChI is InChI=1S/C9H14N4O2/c1-15-9-11-6(7(10)12-9)8(14)13-4-2-3-5-13/h2-5,10H2,1H3,(H,11,12). The van der Waals surface area contributed by atoms with E-state index < -0.39 is 0 Å². The normalized spacial score (nSPS) is 15.7. The first kappa shape index (κ1) is 9.82. The minimum absolute atomic E-state index is 0.0965. The maximum atomic E-state index is 11.9. The van der Waals surface area contributed by atoms with Crippen LogP contribution < -0.4 is 10.5 Å². The second-order valence-corrected chi connectivity index (χ2v) is 3.51. The SMILES string of the molecule is COc1nc(N)c(C(=O)N2CCCC2)[nH]1. The minimum atomic E-state index is -0.0965. The molecule has 1 aromatic rings. The van der Waals surface area contributed by atoms with Crippen LogP contribution in [0.1, 0.15) is 23.3 Å². The number of amides is 1. The molecule has 0 atom stereocenters. The Morgan fingerprint density at radius 2 is 2.20 bits per heavy atom. The number of carbonyl (C=O) groups excluding carboxylic acids is 1. The average molecular weight is 210 g/mol. The van der Waals surface area contributed by atoms with Crippen molar-refractivity contribution >= 4 is 11.7 Å². The molecule has 1 aliphatic heterocycles. The van der Waals surface area contributed by atoms with Gasteiger partial charge in [-0.15, -0.1) is 0 Å². The number of nitrogens with two attached hydrogens (primary N) is 1. The molecule has 6 nitrogen and oxygen atoms in total. The molecule has 15 heavy (non-hydrogen) atoms. The number of likely N-dealkylation sites (tertiary alicyclic amines) is 1. The molecule has 82 valence electrons. The largest absolute Gasteiger partial charge is 0.468 e. The van der Waals surface area contributed by atoms with Crippen LogP contribution in [-0.2, 0) is 0 Å². The van der Waals surface area contributed by atoms with E-state index in [2.05, 4.69) is 9.97 Å². The molecule has 0 bridgehead atoms. The molecule has 6 heteroatoms. The van der Waals surface area contributed by atoms with Crippen LogP contribution in [0.2, 0.25) is 0 Å². The monoisotopic (exact) mass is 210 g/mol. The molecule has 1 saturated heterocycles. The third kappa shape index (κ3) is 1.74. The number of H-pyrrole nitrogens is 1. The summed E-state index contributed by atoms with van der Waals surface area (Å²) >= 11 is 0. The molecule has 0 radical (unpaired) electrons. The Morgan fingerprint density at radius 1 is 1.53 bits per heavy atom. The smallest absolute Gasteiger partial charge is 0.295 e. The molecule has 1 fully saturated rings. The van der Waals surface area contributed by atoms with E-state index in [-0.39, 0.29) is 17.7 Å². The van der Waals surface area contributed by atoms with Crippen molar-refractivity contribution in [3.63, 3.8) is 0 Å². The highest BCUT2D eigenvalue weighted by Crippen LogP contribution is 2.18. The number of hydrogen-bond acceptors (Lipinski definition) is 4. The maximum Gasteiger partial charge on any atom is 0.295 e. The van der Waals surface area contributed by atoms with Crippen molar-refractivity contribution < 1.29 is 9.53 Å². The topological polar surface area (TPSA) is 84.2 Å². The molecule has 1 amide bonds. The summed E-state index contributed by atoms with van der Waals surface area (Å²) in [5.41, 5.74) is 5.94. The zero-order valence-electron chi connectivity index (χ0n) is 8.62. The number of methoxy groups -OCH3 is 1. The fourth-order valence-corrected chi connectivity index (χ4v) is 1.70. The van der Waals surface area contributed by atoms with E-state index in [1.807, 2.05) is 0 Å². The first-order valence-corrected chi connectivity index (χ1v) is 4.91. The molecule has 0 unspecified atom stereocenters. The van der Waals surface area contributed by atoms with Gasteiger partial charge in [-0.25, -0.2) is 0 Å². The van der Waals surface area contributed by atoms with E-state index in [9.17, 15) is 4.79 Å². The van der Waals surface area contributed by atoms with Crippen LogP contribution in [0.5, 0.6) is 6.01 Å². The van der Waals surface area contributed by atoms with Gasteiger partial charge in [0.15, 0.2) is 11.5 Å². The Bertz CT molecular complexity index is 368. The molecule has 1 aromatic heterocycles. The third-order valence-electron chi connectivity index (χ3n) is 2.51. The summed E-state index contributed by atoms with van der Waals surface area (Å²) in [7, 11) is 1.47. The van der Waals surface area contributed by atoms with E-state index in [0.717, 1.165) is 25.9 Å². The molecular formula is C9H14N4O2. The van der Waals surface area contributed by atoms with Crippen LogP contribution in [0.3, 0.4) is 0 Å². The van der Waals surface area contributed by atoms with Crippen LogP contribution in [0.15, 0.2) is 0 Å². The van der Waals surface area contributed by atoms with Gasteiger partial charge in [-0.2, -0.15) is 4.98 Å². The fraction of sp³-hybridized carbons (Fsp3) is 0.556. The number of carbonyl (C=O) groups is 1. The van der Waals surface area contributed by atoms with Gasteiger partial charge in [-0.3, -0.25) is 4.79 Å². The lowest BCUT2D eigenvalue weighted by Gasteiger charge is -2.13. The summed E-state index contributed by atoms with van der Waals surface area (Å²) in [6, 6.07) is 0.273. The Hall–Kier alpha value is -1.72. The summed E-state index contributed by atoms with van der Waals surface area (Å²) in [4.78, 5) is 20.3. The average Bonchev–Trinajstić information content (AvgIpc) is 2.85. The molecular weight excluding hydrogens is 196 g/mol. The van der Waals surface area contributed by atoms with Gasteiger partial charge >= 0.3 is 0 Å². The molecule has 0 spiro atoms. The van der Waals surface area contributed by atoms with Crippen molar-refractivity contribution in [2.75, 3.05) is 25.9 Å². The van der Waals surface area contributed by atoms with E-state index >= 15 is 0 Å². The van der Waals surface area contributed by atoms with Gasteiger partial charge in [0.1, 0.15) is 0 Å². The Morgan fingerprint density at radius 3 is 2.73 bits per heavy atom. The molecule has 3 N–H and O–H groups in total. The van der Waals surface area contributed by atoms with Crippen LogP contribution in [0.4, 0.5) is 5.82 Å². The van der Waals surface area contributed by atoms with E-state index in [0.29, 0.717) is 5.69 Å². The number of imidazole rings is 1. The van der Waals surface area contributed by atoms with Crippen molar-refractivity contribution in [3.05, 3.63) is 5.69 Å². The van der Waals surface area contributed by atoms with Gasteiger partial charge in [0.25, 0.3) is 11.9 Å². The van der Waals surface area contributed by atoms with Crippen molar-refractivity contribution in [2.45, 2.75) is 12.8 Å². The zero-order valence-corrected chi connectivity index (χ0v) is 8.62. The van der Waals surface area contributed by atoms with Gasteiger partial charge in [0.2, 0.25) is 0 Å². The first-order valence-electron chi connectivity index (χ1n) is 4.91. The van der Waals surface area contributed by atoms with Gasteiger partial charge in [-0.05, 0) is 12.8 Å². The van der Waals surface area contributed by atoms with Crippen LogP contribution in [0, 0.1) is 0 Å². The number of nitrogen functional groups attached to an aromatic ring is 1. The number of nitrogens with one attached hydrogen (secondary N) is 1. The molecule has 2 rings (SSSR count). The fourth-order valence-electron chi connectivity index (χ4n) is 1.70. The van der Waals surface area contributed by atoms with Gasteiger partial charge in [0, 0.05) is 13.1 Å². The van der Waals surface area contributed by atoms with Crippen molar-refractivity contribution in [2.24, 2.45) is 0 Å². The summed E-state index contributed by atoms with van der Waals surface area (Å²) in [5.74, 6) is 0.101. The Labute approximate surface area is 87.4 Å². The van der Waals surface area contributed by atoms with Crippen molar-refractivity contribution in [1.82, 2.24) is 14.9 Å². The van der Waals surface area contributed by atoms with Crippen LogP contribution in [0.25, 0.3) is 0 Å². The second kappa shape index (κ2) is 3.80. The maximum absolute atomic E-state index is 11.9. The Kier molecular flexibility index (Phi) is 2.49. The third-order valence-corrected chi connectivity index (χ3v) is 2.51. The van der Waals surface area contributed by atoms with E-state index in [1.54, 1.807) is 4.90 Å². The summed E-state index contributed by atoms with van der Waals surface area (Å²) < 4.78 is 4.87. The lowest BCUT2D eigenvalue weighted by molar-refractivity contribution is 0.0788. The molecule has 2 heterocycles. The summed E-state index contributed by atoms with van der Waals surface area (Å²) in [6.07, 6.45) is 2.10.